The van der Waals surface area contributed by atoms with Crippen molar-refractivity contribution in [2.24, 2.45) is 12.8 Å². The third kappa shape index (κ3) is 2.08. The summed E-state index contributed by atoms with van der Waals surface area (Å²) in [5, 5.41) is 4.10. The molecule has 78 valence electrons. The largest absolute Gasteiger partial charge is 0.318 e. The Morgan fingerprint density at radius 2 is 2.00 bits per heavy atom. The molecule has 0 radical (unpaired) electrons. The number of hydrogen-bond acceptors (Lipinski definition) is 3. The third-order valence-corrected chi connectivity index (χ3v) is 2.54. The second kappa shape index (κ2) is 4.12. The van der Waals surface area contributed by atoms with Gasteiger partial charge in [-0.25, -0.2) is 4.98 Å². The standard InChI is InChI=1S/C10H11BrN4/c1-15-9(13-10(11)14-15)8(12)7-5-3-2-4-6-7/h2-6,8H,12H2,1H3. The molecule has 2 aromatic rings. The van der Waals surface area contributed by atoms with Crippen LogP contribution in [0.4, 0.5) is 0 Å². The average Bonchev–Trinajstić information content (AvgIpc) is 2.58. The number of aryl methyl sites for hydroxylation is 1. The summed E-state index contributed by atoms with van der Waals surface area (Å²) in [6, 6.07) is 9.60. The maximum Gasteiger partial charge on any atom is 0.217 e. The molecule has 0 spiro atoms. The lowest BCUT2D eigenvalue weighted by atomic mass is 10.1. The SMILES string of the molecule is Cn1nc(Br)nc1C(N)c1ccccc1. The van der Waals surface area contributed by atoms with Crippen molar-refractivity contribution in [2.45, 2.75) is 6.04 Å². The van der Waals surface area contributed by atoms with Crippen LogP contribution < -0.4 is 5.73 Å². The minimum absolute atomic E-state index is 0.241. The van der Waals surface area contributed by atoms with E-state index in [2.05, 4.69) is 26.0 Å². The molecular weight excluding hydrogens is 256 g/mol. The molecular formula is C10H11BrN4. The van der Waals surface area contributed by atoms with E-state index in [9.17, 15) is 0 Å². The van der Waals surface area contributed by atoms with Crippen LogP contribution in [0, 0.1) is 0 Å². The molecule has 0 aliphatic heterocycles. The number of halogens is 1. The van der Waals surface area contributed by atoms with Gasteiger partial charge >= 0.3 is 0 Å². The summed E-state index contributed by atoms with van der Waals surface area (Å²) >= 11 is 3.23. The van der Waals surface area contributed by atoms with Crippen LogP contribution in [0.25, 0.3) is 0 Å². The fourth-order valence-corrected chi connectivity index (χ4v) is 1.86. The first kappa shape index (κ1) is 10.3. The van der Waals surface area contributed by atoms with E-state index in [1.54, 1.807) is 4.68 Å². The van der Waals surface area contributed by atoms with Crippen LogP contribution in [0.2, 0.25) is 0 Å². The van der Waals surface area contributed by atoms with Crippen molar-refractivity contribution < 1.29 is 0 Å². The van der Waals surface area contributed by atoms with E-state index in [4.69, 9.17) is 5.73 Å². The molecule has 2 rings (SSSR count). The van der Waals surface area contributed by atoms with Crippen molar-refractivity contribution in [1.29, 1.82) is 0 Å². The predicted molar refractivity (Wildman–Crippen MR) is 61.2 cm³/mol. The van der Waals surface area contributed by atoms with Gasteiger partial charge in [0.05, 0.1) is 6.04 Å². The van der Waals surface area contributed by atoms with Crippen LogP contribution in [0.5, 0.6) is 0 Å². The molecule has 0 aliphatic carbocycles. The smallest absolute Gasteiger partial charge is 0.217 e. The molecule has 0 amide bonds. The summed E-state index contributed by atoms with van der Waals surface area (Å²) in [4.78, 5) is 4.23. The Morgan fingerprint density at radius 3 is 2.53 bits per heavy atom. The molecule has 2 N–H and O–H groups in total. The summed E-state index contributed by atoms with van der Waals surface area (Å²) in [7, 11) is 1.83. The number of benzene rings is 1. The van der Waals surface area contributed by atoms with E-state index in [0.717, 1.165) is 11.4 Å². The number of hydrogen-bond donors (Lipinski definition) is 1. The Morgan fingerprint density at radius 1 is 1.33 bits per heavy atom. The van der Waals surface area contributed by atoms with Gasteiger partial charge in [-0.2, -0.15) is 0 Å². The highest BCUT2D eigenvalue weighted by atomic mass is 79.9. The monoisotopic (exact) mass is 266 g/mol. The van der Waals surface area contributed by atoms with Crippen LogP contribution in [0.3, 0.4) is 0 Å². The van der Waals surface area contributed by atoms with Crippen molar-refractivity contribution in [2.75, 3.05) is 0 Å². The molecule has 0 saturated heterocycles. The van der Waals surface area contributed by atoms with Crippen molar-refractivity contribution in [3.05, 3.63) is 46.5 Å². The third-order valence-electron chi connectivity index (χ3n) is 2.21. The first-order valence-corrected chi connectivity index (χ1v) is 5.34. The number of nitrogens with zero attached hydrogens (tertiary/aromatic N) is 3. The molecule has 4 nitrogen and oxygen atoms in total. The fraction of sp³-hybridized carbons (Fsp3) is 0.200. The van der Waals surface area contributed by atoms with Gasteiger partial charge in [0.15, 0.2) is 0 Å². The molecule has 1 unspecified atom stereocenters. The molecule has 1 atom stereocenters. The Kier molecular flexibility index (Phi) is 2.83. The summed E-state index contributed by atoms with van der Waals surface area (Å²) < 4.78 is 2.24. The van der Waals surface area contributed by atoms with Crippen molar-refractivity contribution in [3.63, 3.8) is 0 Å². The predicted octanol–water partition coefficient (Wildman–Crippen LogP) is 1.63. The van der Waals surface area contributed by atoms with Crippen LogP contribution in [0.1, 0.15) is 17.4 Å². The highest BCUT2D eigenvalue weighted by molar-refractivity contribution is 9.10. The van der Waals surface area contributed by atoms with E-state index in [0.29, 0.717) is 4.73 Å². The van der Waals surface area contributed by atoms with Crippen LogP contribution in [-0.2, 0) is 7.05 Å². The van der Waals surface area contributed by atoms with E-state index in [1.807, 2.05) is 37.4 Å². The Balaban J connectivity index is 2.36. The summed E-state index contributed by atoms with van der Waals surface area (Å²) in [6.07, 6.45) is 0. The molecule has 1 aromatic heterocycles. The average molecular weight is 267 g/mol. The zero-order chi connectivity index (χ0) is 10.8. The lowest BCUT2D eigenvalue weighted by Crippen LogP contribution is -2.16. The maximum atomic E-state index is 6.09. The Labute approximate surface area is 96.3 Å². The van der Waals surface area contributed by atoms with Gasteiger partial charge in [0.2, 0.25) is 4.73 Å². The zero-order valence-corrected chi connectivity index (χ0v) is 9.85. The first-order chi connectivity index (χ1) is 7.18. The molecule has 0 bridgehead atoms. The zero-order valence-electron chi connectivity index (χ0n) is 8.26. The summed E-state index contributed by atoms with van der Waals surface area (Å²) in [6.45, 7) is 0. The molecule has 0 fully saturated rings. The first-order valence-electron chi connectivity index (χ1n) is 4.55. The minimum Gasteiger partial charge on any atom is -0.318 e. The van der Waals surface area contributed by atoms with E-state index >= 15 is 0 Å². The summed E-state index contributed by atoms with van der Waals surface area (Å²) in [5.74, 6) is 0.744. The van der Waals surface area contributed by atoms with Gasteiger partial charge in [-0.05, 0) is 21.5 Å². The lowest BCUT2D eigenvalue weighted by Gasteiger charge is -2.10. The van der Waals surface area contributed by atoms with Crippen LogP contribution >= 0.6 is 15.9 Å². The molecule has 0 aliphatic rings. The fourth-order valence-electron chi connectivity index (χ4n) is 1.44. The molecule has 15 heavy (non-hydrogen) atoms. The Bertz CT molecular complexity index is 452. The maximum absolute atomic E-state index is 6.09. The van der Waals surface area contributed by atoms with Gasteiger partial charge < -0.3 is 5.73 Å². The van der Waals surface area contributed by atoms with Gasteiger partial charge in [0.25, 0.3) is 0 Å². The highest BCUT2D eigenvalue weighted by Gasteiger charge is 2.15. The molecule has 1 heterocycles. The number of rotatable bonds is 2. The minimum atomic E-state index is -0.241. The second-order valence-electron chi connectivity index (χ2n) is 3.25. The highest BCUT2D eigenvalue weighted by Crippen LogP contribution is 2.18. The Hall–Kier alpha value is -1.20. The van der Waals surface area contributed by atoms with E-state index in [1.165, 1.54) is 0 Å². The van der Waals surface area contributed by atoms with Crippen molar-refractivity contribution in [3.8, 4) is 0 Å². The lowest BCUT2D eigenvalue weighted by molar-refractivity contribution is 0.658. The molecule has 1 aromatic carbocycles. The normalized spacial score (nSPS) is 12.7. The van der Waals surface area contributed by atoms with Gasteiger partial charge in [-0.15, -0.1) is 5.10 Å². The van der Waals surface area contributed by atoms with Gasteiger partial charge in [0.1, 0.15) is 5.82 Å². The number of aromatic nitrogens is 3. The van der Waals surface area contributed by atoms with E-state index < -0.39 is 0 Å². The van der Waals surface area contributed by atoms with Crippen LogP contribution in [0.15, 0.2) is 35.1 Å². The van der Waals surface area contributed by atoms with Gasteiger partial charge in [-0.3, -0.25) is 4.68 Å². The van der Waals surface area contributed by atoms with Crippen molar-refractivity contribution >= 4 is 15.9 Å². The number of nitrogens with two attached hydrogens (primary N) is 1. The molecule has 5 heteroatoms. The second-order valence-corrected chi connectivity index (χ2v) is 3.96. The van der Waals surface area contributed by atoms with Gasteiger partial charge in [-0.1, -0.05) is 30.3 Å². The topological polar surface area (TPSA) is 56.7 Å². The van der Waals surface area contributed by atoms with Crippen LogP contribution in [-0.4, -0.2) is 14.8 Å². The van der Waals surface area contributed by atoms with E-state index in [-0.39, 0.29) is 6.04 Å². The van der Waals surface area contributed by atoms with Gasteiger partial charge in [0, 0.05) is 7.05 Å². The molecule has 0 saturated carbocycles. The summed E-state index contributed by atoms with van der Waals surface area (Å²) in [5.41, 5.74) is 7.11. The van der Waals surface area contributed by atoms with Crippen molar-refractivity contribution in [1.82, 2.24) is 14.8 Å². The quantitative estimate of drug-likeness (QED) is 0.899.